The predicted molar refractivity (Wildman–Crippen MR) is 99.9 cm³/mol. The Labute approximate surface area is 159 Å². The van der Waals surface area contributed by atoms with Crippen LogP contribution < -0.4 is 16.2 Å². The fourth-order valence-electron chi connectivity index (χ4n) is 2.37. The topological polar surface area (TPSA) is 116 Å². The van der Waals surface area contributed by atoms with E-state index in [9.17, 15) is 14.4 Å². The number of carbonyl (C=O) groups excluding carboxylic acids is 3. The van der Waals surface area contributed by atoms with Gasteiger partial charge in [-0.05, 0) is 24.3 Å². The van der Waals surface area contributed by atoms with Crippen molar-refractivity contribution >= 4 is 40.4 Å². The van der Waals surface area contributed by atoms with Crippen molar-refractivity contribution in [3.05, 3.63) is 64.9 Å². The number of hydrazine groups is 1. The van der Waals surface area contributed by atoms with Crippen LogP contribution in [0.5, 0.6) is 0 Å². The van der Waals surface area contributed by atoms with Crippen LogP contribution in [0.2, 0.25) is 5.02 Å². The number of para-hydroxylation sites is 2. The number of H-pyrrole nitrogens is 1. The second-order valence-electron chi connectivity index (χ2n) is 5.64. The second-order valence-corrected chi connectivity index (χ2v) is 6.04. The summed E-state index contributed by atoms with van der Waals surface area (Å²) in [4.78, 5) is 42.9. The number of hydrogen-bond donors (Lipinski definition) is 4. The van der Waals surface area contributed by atoms with E-state index in [0.717, 1.165) is 11.0 Å². The minimum absolute atomic E-state index is 0.0268. The average molecular weight is 386 g/mol. The van der Waals surface area contributed by atoms with Gasteiger partial charge in [-0.25, -0.2) is 4.98 Å². The van der Waals surface area contributed by atoms with E-state index in [-0.39, 0.29) is 23.6 Å². The van der Waals surface area contributed by atoms with E-state index in [1.807, 2.05) is 24.3 Å². The number of halogens is 1. The summed E-state index contributed by atoms with van der Waals surface area (Å²) in [5.41, 5.74) is 6.35. The molecule has 0 aliphatic heterocycles. The molecular weight excluding hydrogens is 370 g/mol. The first-order chi connectivity index (χ1) is 13.0. The molecular formula is C18H16ClN5O3. The molecule has 0 radical (unpaired) electrons. The number of rotatable bonds is 5. The fraction of sp³-hybridized carbons (Fsp3) is 0.111. The molecule has 0 saturated carbocycles. The summed E-state index contributed by atoms with van der Waals surface area (Å²) in [6, 6.07) is 13.9. The molecule has 0 fully saturated rings. The Hall–Kier alpha value is -3.39. The van der Waals surface area contributed by atoms with Crippen molar-refractivity contribution in [1.29, 1.82) is 0 Å². The number of nitrogens with one attached hydrogen (secondary N) is 4. The maximum Gasteiger partial charge on any atom is 0.257 e. The quantitative estimate of drug-likeness (QED) is 0.496. The highest BCUT2D eigenvalue weighted by atomic mass is 35.5. The second kappa shape index (κ2) is 8.33. The summed E-state index contributed by atoms with van der Waals surface area (Å²) in [5, 5.41) is 2.71. The summed E-state index contributed by atoms with van der Waals surface area (Å²) < 4.78 is 0. The van der Waals surface area contributed by atoms with E-state index in [0.29, 0.717) is 5.82 Å². The van der Waals surface area contributed by atoms with Crippen LogP contribution in [-0.2, 0) is 16.0 Å². The van der Waals surface area contributed by atoms with Crippen molar-refractivity contribution in [2.75, 3.05) is 6.54 Å². The fourth-order valence-corrected chi connectivity index (χ4v) is 2.59. The van der Waals surface area contributed by atoms with E-state index >= 15 is 0 Å². The van der Waals surface area contributed by atoms with Crippen LogP contribution in [0.3, 0.4) is 0 Å². The number of fused-ring (bicyclic) bond motifs is 1. The van der Waals surface area contributed by atoms with Crippen molar-refractivity contribution in [3.8, 4) is 0 Å². The highest BCUT2D eigenvalue weighted by molar-refractivity contribution is 6.33. The van der Waals surface area contributed by atoms with E-state index in [1.165, 1.54) is 0 Å². The molecule has 0 aliphatic carbocycles. The smallest absolute Gasteiger partial charge is 0.257 e. The molecule has 3 aromatic rings. The largest absolute Gasteiger partial charge is 0.343 e. The number of nitrogens with zero attached hydrogens (tertiary/aromatic N) is 1. The van der Waals surface area contributed by atoms with Crippen LogP contribution in [-0.4, -0.2) is 34.2 Å². The molecule has 0 spiro atoms. The zero-order chi connectivity index (χ0) is 19.2. The van der Waals surface area contributed by atoms with Crippen LogP contribution in [0, 0.1) is 0 Å². The van der Waals surface area contributed by atoms with Crippen molar-refractivity contribution in [2.45, 2.75) is 6.42 Å². The number of carbonyl (C=O) groups is 3. The van der Waals surface area contributed by atoms with Crippen LogP contribution >= 0.6 is 11.6 Å². The molecule has 4 N–H and O–H groups in total. The molecule has 138 valence electrons. The molecule has 8 nitrogen and oxygen atoms in total. The van der Waals surface area contributed by atoms with E-state index < -0.39 is 17.7 Å². The summed E-state index contributed by atoms with van der Waals surface area (Å²) in [7, 11) is 0. The first kappa shape index (κ1) is 18.4. The van der Waals surface area contributed by atoms with Gasteiger partial charge in [-0.2, -0.15) is 0 Å². The molecule has 9 heteroatoms. The number of aromatic amines is 1. The van der Waals surface area contributed by atoms with E-state index in [4.69, 9.17) is 11.6 Å². The lowest BCUT2D eigenvalue weighted by atomic mass is 10.2. The van der Waals surface area contributed by atoms with Gasteiger partial charge in [0.15, 0.2) is 0 Å². The van der Waals surface area contributed by atoms with Crippen molar-refractivity contribution < 1.29 is 14.4 Å². The zero-order valence-corrected chi connectivity index (χ0v) is 14.8. The van der Waals surface area contributed by atoms with Gasteiger partial charge in [0, 0.05) is 0 Å². The number of aromatic nitrogens is 2. The average Bonchev–Trinajstić information content (AvgIpc) is 3.07. The maximum atomic E-state index is 12.0. The Kier molecular flexibility index (Phi) is 5.68. The molecule has 0 atom stereocenters. The first-order valence-corrected chi connectivity index (χ1v) is 8.45. The Bertz CT molecular complexity index is 968. The molecule has 3 rings (SSSR count). The van der Waals surface area contributed by atoms with Gasteiger partial charge >= 0.3 is 0 Å². The lowest BCUT2D eigenvalue weighted by molar-refractivity contribution is -0.128. The molecule has 2 aromatic carbocycles. The highest BCUT2D eigenvalue weighted by Crippen LogP contribution is 2.14. The summed E-state index contributed by atoms with van der Waals surface area (Å²) in [6.45, 7) is -0.311. The van der Waals surface area contributed by atoms with Crippen LogP contribution in [0.1, 0.15) is 16.2 Å². The van der Waals surface area contributed by atoms with Crippen molar-refractivity contribution in [1.82, 2.24) is 26.1 Å². The normalized spacial score (nSPS) is 10.4. The van der Waals surface area contributed by atoms with Gasteiger partial charge in [0.05, 0.1) is 34.6 Å². The number of amides is 3. The SMILES string of the molecule is O=C(CNC(=O)c1ccccc1Cl)NNC(=O)Cc1nc2ccccc2[nH]1. The van der Waals surface area contributed by atoms with Gasteiger partial charge in [-0.15, -0.1) is 0 Å². The molecule has 0 aliphatic rings. The minimum Gasteiger partial charge on any atom is -0.343 e. The molecule has 27 heavy (non-hydrogen) atoms. The molecule has 1 heterocycles. The van der Waals surface area contributed by atoms with E-state index in [2.05, 4.69) is 26.1 Å². The van der Waals surface area contributed by atoms with Crippen molar-refractivity contribution in [2.24, 2.45) is 0 Å². The summed E-state index contributed by atoms with van der Waals surface area (Å²) in [5.74, 6) is -1.02. The zero-order valence-electron chi connectivity index (χ0n) is 14.1. The third-order valence-electron chi connectivity index (χ3n) is 3.64. The molecule has 0 bridgehead atoms. The van der Waals surface area contributed by atoms with Crippen LogP contribution in [0.25, 0.3) is 11.0 Å². The standard InChI is InChI=1S/C18H16ClN5O3/c19-12-6-2-1-5-11(12)18(27)20-10-17(26)24-23-16(25)9-15-21-13-7-3-4-8-14(13)22-15/h1-8H,9-10H2,(H,20,27)(H,21,22)(H,23,25)(H,24,26). The monoisotopic (exact) mass is 385 g/mol. The van der Waals surface area contributed by atoms with Gasteiger partial charge in [0.25, 0.3) is 11.8 Å². The first-order valence-electron chi connectivity index (χ1n) is 8.07. The summed E-state index contributed by atoms with van der Waals surface area (Å²) in [6.07, 6.45) is -0.0268. The maximum absolute atomic E-state index is 12.0. The summed E-state index contributed by atoms with van der Waals surface area (Å²) >= 11 is 5.92. The lowest BCUT2D eigenvalue weighted by Gasteiger charge is -2.08. The van der Waals surface area contributed by atoms with Crippen LogP contribution in [0.15, 0.2) is 48.5 Å². The Balaban J connectivity index is 1.44. The highest BCUT2D eigenvalue weighted by Gasteiger charge is 2.12. The Morgan fingerprint density at radius 3 is 2.44 bits per heavy atom. The van der Waals surface area contributed by atoms with Gasteiger partial charge in [0.1, 0.15) is 5.82 Å². The third-order valence-corrected chi connectivity index (χ3v) is 3.97. The Morgan fingerprint density at radius 2 is 1.67 bits per heavy atom. The van der Waals surface area contributed by atoms with Crippen molar-refractivity contribution in [3.63, 3.8) is 0 Å². The molecule has 3 amide bonds. The Morgan fingerprint density at radius 1 is 0.963 bits per heavy atom. The van der Waals surface area contributed by atoms with Gasteiger partial charge < -0.3 is 10.3 Å². The third kappa shape index (κ3) is 4.83. The van der Waals surface area contributed by atoms with E-state index in [1.54, 1.807) is 24.3 Å². The number of hydrogen-bond acceptors (Lipinski definition) is 4. The lowest BCUT2D eigenvalue weighted by Crippen LogP contribution is -2.46. The van der Waals surface area contributed by atoms with Crippen LogP contribution in [0.4, 0.5) is 0 Å². The van der Waals surface area contributed by atoms with Gasteiger partial charge in [0.2, 0.25) is 5.91 Å². The molecule has 1 aromatic heterocycles. The number of imidazole rings is 1. The number of benzene rings is 2. The minimum atomic E-state index is -0.576. The molecule has 0 unspecified atom stereocenters. The van der Waals surface area contributed by atoms with Gasteiger partial charge in [-0.3, -0.25) is 25.2 Å². The molecule has 0 saturated heterocycles. The van der Waals surface area contributed by atoms with Gasteiger partial charge in [-0.1, -0.05) is 35.9 Å². The predicted octanol–water partition coefficient (Wildman–Crippen LogP) is 1.34.